The van der Waals surface area contributed by atoms with Gasteiger partial charge in [-0.15, -0.1) is 0 Å². The van der Waals surface area contributed by atoms with E-state index < -0.39 is 16.0 Å². The average Bonchev–Trinajstić information content (AvgIpc) is 3.18. The monoisotopic (exact) mass is 503 g/mol. The highest BCUT2D eigenvalue weighted by molar-refractivity contribution is 7.89. The first kappa shape index (κ1) is 24.5. The molecule has 0 aliphatic carbocycles. The van der Waals surface area contributed by atoms with Crippen molar-refractivity contribution in [3.63, 3.8) is 0 Å². The normalized spacial score (nSPS) is 23.7. The molecule has 0 spiro atoms. The minimum atomic E-state index is -3.68. The Kier molecular flexibility index (Phi) is 6.52. The SMILES string of the molecule is COCCCNS(=O)(=O)c1ccc2c(c1)c1c3n2C(C(=O)OCCO)=C[C@@]2(C)CCCN(CC1)[C@H]32. The highest BCUT2D eigenvalue weighted by Crippen LogP contribution is 2.55. The Balaban J connectivity index is 1.64. The van der Waals surface area contributed by atoms with Crippen LogP contribution in [-0.4, -0.2) is 75.5 Å². The molecular formula is C25H33N3O6S. The molecular weight excluding hydrogens is 470 g/mol. The van der Waals surface area contributed by atoms with Crippen LogP contribution >= 0.6 is 0 Å². The highest BCUT2D eigenvalue weighted by atomic mass is 32.2. The van der Waals surface area contributed by atoms with E-state index in [0.29, 0.717) is 25.3 Å². The van der Waals surface area contributed by atoms with Gasteiger partial charge in [0.15, 0.2) is 0 Å². The van der Waals surface area contributed by atoms with E-state index in [4.69, 9.17) is 9.47 Å². The summed E-state index contributed by atoms with van der Waals surface area (Å²) in [5.41, 5.74) is 3.18. The number of nitrogens with one attached hydrogen (secondary N) is 1. The van der Waals surface area contributed by atoms with Crippen LogP contribution in [0.3, 0.4) is 0 Å². The standard InChI is InChI=1S/C25H33N3O6S/c1-25-8-3-10-27-11-7-18-19-15-17(35(31,32)26-9-4-13-33-2)5-6-20(19)28(22(18)23(25)27)21(16-25)24(30)34-14-12-29/h5-6,15-16,23,26,29H,3-4,7-14H2,1-2H3/t23-,25-/m1/s1. The lowest BCUT2D eigenvalue weighted by atomic mass is 9.69. The van der Waals surface area contributed by atoms with Gasteiger partial charge in [0.25, 0.3) is 0 Å². The second-order valence-electron chi connectivity index (χ2n) is 9.81. The van der Waals surface area contributed by atoms with Crippen LogP contribution in [0.5, 0.6) is 0 Å². The van der Waals surface area contributed by atoms with Crippen molar-refractivity contribution in [1.29, 1.82) is 0 Å². The van der Waals surface area contributed by atoms with Gasteiger partial charge in [-0.25, -0.2) is 17.9 Å². The minimum Gasteiger partial charge on any atom is -0.459 e. The van der Waals surface area contributed by atoms with Crippen LogP contribution in [0.2, 0.25) is 0 Å². The Hall–Kier alpha value is -2.24. The Morgan fingerprint density at radius 2 is 2.11 bits per heavy atom. The van der Waals surface area contributed by atoms with E-state index in [-0.39, 0.29) is 29.6 Å². The smallest absolute Gasteiger partial charge is 0.355 e. The first-order valence-electron chi connectivity index (χ1n) is 12.2. The van der Waals surface area contributed by atoms with E-state index in [9.17, 15) is 18.3 Å². The van der Waals surface area contributed by atoms with E-state index >= 15 is 0 Å². The van der Waals surface area contributed by atoms with Gasteiger partial charge in [0.2, 0.25) is 10.0 Å². The van der Waals surface area contributed by atoms with Crippen LogP contribution in [0.1, 0.15) is 43.5 Å². The molecule has 9 nitrogen and oxygen atoms in total. The van der Waals surface area contributed by atoms with Gasteiger partial charge in [-0.05, 0) is 62.1 Å². The summed E-state index contributed by atoms with van der Waals surface area (Å²) in [6, 6.07) is 5.25. The largest absolute Gasteiger partial charge is 0.459 e. The summed E-state index contributed by atoms with van der Waals surface area (Å²) in [4.78, 5) is 15.8. The molecule has 0 bridgehead atoms. The molecule has 1 fully saturated rings. The van der Waals surface area contributed by atoms with Crippen molar-refractivity contribution in [3.8, 4) is 0 Å². The number of nitrogens with zero attached hydrogens (tertiary/aromatic N) is 2. The average molecular weight is 504 g/mol. The molecule has 1 aromatic heterocycles. The number of benzene rings is 1. The number of hydrogen-bond acceptors (Lipinski definition) is 7. The number of aromatic nitrogens is 1. The summed E-state index contributed by atoms with van der Waals surface area (Å²) in [6.07, 6.45) is 5.41. The topological polar surface area (TPSA) is 110 Å². The highest BCUT2D eigenvalue weighted by Gasteiger charge is 2.49. The molecule has 0 amide bonds. The van der Waals surface area contributed by atoms with Crippen LogP contribution in [0.15, 0.2) is 29.2 Å². The third kappa shape index (κ3) is 4.11. The maximum Gasteiger partial charge on any atom is 0.355 e. The van der Waals surface area contributed by atoms with E-state index in [2.05, 4.69) is 16.5 Å². The minimum absolute atomic E-state index is 0.0685. The Labute approximate surface area is 205 Å². The van der Waals surface area contributed by atoms with Gasteiger partial charge in [-0.1, -0.05) is 6.92 Å². The number of sulfonamides is 1. The molecule has 35 heavy (non-hydrogen) atoms. The second kappa shape index (κ2) is 9.33. The van der Waals surface area contributed by atoms with Gasteiger partial charge >= 0.3 is 5.97 Å². The van der Waals surface area contributed by atoms with Gasteiger partial charge in [0.1, 0.15) is 12.3 Å². The first-order chi connectivity index (χ1) is 16.8. The van der Waals surface area contributed by atoms with Gasteiger partial charge < -0.3 is 19.1 Å². The number of carbonyl (C=O) groups is 1. The van der Waals surface area contributed by atoms with Gasteiger partial charge in [-0.2, -0.15) is 0 Å². The summed E-state index contributed by atoms with van der Waals surface area (Å²) < 4.78 is 41.0. The zero-order valence-corrected chi connectivity index (χ0v) is 21.1. The van der Waals surface area contributed by atoms with Crippen LogP contribution < -0.4 is 4.72 Å². The maximum atomic E-state index is 13.1. The predicted octanol–water partition coefficient (Wildman–Crippen LogP) is 2.05. The van der Waals surface area contributed by atoms with Crippen molar-refractivity contribution >= 4 is 32.6 Å². The molecule has 190 valence electrons. The predicted molar refractivity (Wildman–Crippen MR) is 131 cm³/mol. The molecule has 2 atom stereocenters. The summed E-state index contributed by atoms with van der Waals surface area (Å²) in [5, 5.41) is 10.0. The van der Waals surface area contributed by atoms with Crippen molar-refractivity contribution in [2.75, 3.05) is 46.6 Å². The number of hydrogen-bond donors (Lipinski definition) is 2. The molecule has 4 heterocycles. The Bertz CT molecular complexity index is 1280. The van der Waals surface area contributed by atoms with Crippen molar-refractivity contribution < 1.29 is 27.8 Å². The second-order valence-corrected chi connectivity index (χ2v) is 11.6. The number of aliphatic hydroxyl groups is 1. The van der Waals surface area contributed by atoms with E-state index in [1.54, 1.807) is 25.3 Å². The molecule has 2 aromatic rings. The molecule has 3 aliphatic heterocycles. The lowest BCUT2D eigenvalue weighted by Gasteiger charge is -2.52. The number of ether oxygens (including phenoxy) is 2. The third-order valence-electron chi connectivity index (χ3n) is 7.51. The molecule has 0 radical (unpaired) electrons. The fourth-order valence-corrected chi connectivity index (χ4v) is 7.16. The number of carbonyl (C=O) groups excluding carboxylic acids is 1. The molecule has 5 rings (SSSR count). The number of esters is 1. The van der Waals surface area contributed by atoms with Gasteiger partial charge in [-0.3, -0.25) is 4.90 Å². The number of rotatable bonds is 9. The number of piperidine rings is 1. The number of fused-ring (bicyclic) bond motifs is 3. The van der Waals surface area contributed by atoms with Crippen LogP contribution in [-0.2, 0) is 30.7 Å². The van der Waals surface area contributed by atoms with Crippen LogP contribution in [0.4, 0.5) is 0 Å². The van der Waals surface area contributed by atoms with Gasteiger partial charge in [0.05, 0.1) is 23.1 Å². The number of methoxy groups -OCH3 is 1. The summed E-state index contributed by atoms with van der Waals surface area (Å²) in [5.74, 6) is -0.474. The van der Waals surface area contributed by atoms with Crippen LogP contribution in [0.25, 0.3) is 16.6 Å². The van der Waals surface area contributed by atoms with Crippen molar-refractivity contribution in [3.05, 3.63) is 35.5 Å². The maximum absolute atomic E-state index is 13.1. The van der Waals surface area contributed by atoms with Crippen LogP contribution in [0, 0.1) is 5.41 Å². The summed E-state index contributed by atoms with van der Waals surface area (Å²) in [6.45, 7) is 4.57. The fourth-order valence-electron chi connectivity index (χ4n) is 6.06. The quantitative estimate of drug-likeness (QED) is 0.398. The third-order valence-corrected chi connectivity index (χ3v) is 8.97. The molecule has 3 aliphatic rings. The molecule has 1 saturated heterocycles. The van der Waals surface area contributed by atoms with E-state index in [1.807, 2.05) is 10.6 Å². The zero-order valence-electron chi connectivity index (χ0n) is 20.2. The molecule has 10 heteroatoms. The van der Waals surface area contributed by atoms with Gasteiger partial charge in [0, 0.05) is 43.3 Å². The molecule has 0 saturated carbocycles. The summed E-state index contributed by atoms with van der Waals surface area (Å²) in [7, 11) is -2.10. The van der Waals surface area contributed by atoms with E-state index in [1.165, 1.54) is 0 Å². The summed E-state index contributed by atoms with van der Waals surface area (Å²) >= 11 is 0. The fraction of sp³-hybridized carbons (Fsp3) is 0.560. The zero-order chi connectivity index (χ0) is 24.8. The first-order valence-corrected chi connectivity index (χ1v) is 13.7. The van der Waals surface area contributed by atoms with E-state index in [0.717, 1.165) is 54.5 Å². The molecule has 0 unspecified atom stereocenters. The Morgan fingerprint density at radius 1 is 1.29 bits per heavy atom. The van der Waals surface area contributed by atoms with Crippen molar-refractivity contribution in [1.82, 2.24) is 14.2 Å². The van der Waals surface area contributed by atoms with Crippen molar-refractivity contribution in [2.24, 2.45) is 5.41 Å². The number of aliphatic hydroxyl groups excluding tert-OH is 1. The Morgan fingerprint density at radius 3 is 2.89 bits per heavy atom. The van der Waals surface area contributed by atoms with Crippen molar-refractivity contribution in [2.45, 2.75) is 43.5 Å². The lowest BCUT2D eigenvalue weighted by molar-refractivity contribution is -0.138. The lowest BCUT2D eigenvalue weighted by Crippen LogP contribution is -2.50. The molecule has 2 N–H and O–H groups in total. The molecule has 1 aromatic carbocycles.